The maximum absolute atomic E-state index is 12.3. The van der Waals surface area contributed by atoms with Gasteiger partial charge in [-0.05, 0) is 38.5 Å². The monoisotopic (exact) mass is 942 g/mol. The van der Waals surface area contributed by atoms with Crippen LogP contribution in [0, 0.1) is 0 Å². The van der Waals surface area contributed by atoms with Gasteiger partial charge in [-0.3, -0.25) is 4.79 Å². The van der Waals surface area contributed by atoms with Crippen LogP contribution in [0.3, 0.4) is 0 Å². The molecule has 0 aromatic heterocycles. The highest BCUT2D eigenvalue weighted by Crippen LogP contribution is 2.30. The Hall–Kier alpha value is -1.79. The zero-order chi connectivity index (χ0) is 48.2. The van der Waals surface area contributed by atoms with E-state index in [1.54, 1.807) is 13.0 Å². The van der Waals surface area contributed by atoms with Gasteiger partial charge in [-0.1, -0.05) is 185 Å². The molecule has 386 valence electrons. The van der Waals surface area contributed by atoms with E-state index in [0.717, 1.165) is 25.7 Å². The second kappa shape index (κ2) is 39.0. The van der Waals surface area contributed by atoms with Gasteiger partial charge in [0.05, 0.1) is 32.0 Å². The Morgan fingerprint density at radius 2 is 0.955 bits per heavy atom. The van der Waals surface area contributed by atoms with E-state index in [2.05, 4.69) is 36.5 Å². The number of amides is 1. The van der Waals surface area contributed by atoms with Crippen LogP contribution in [0.15, 0.2) is 36.5 Å². The molecule has 0 bridgehead atoms. The zero-order valence-electron chi connectivity index (χ0n) is 40.9. The molecule has 14 nitrogen and oxygen atoms in total. The Morgan fingerprint density at radius 3 is 1.42 bits per heavy atom. The van der Waals surface area contributed by atoms with Gasteiger partial charge in [-0.15, -0.1) is 0 Å². The van der Waals surface area contributed by atoms with Crippen LogP contribution in [0.2, 0.25) is 0 Å². The van der Waals surface area contributed by atoms with Crippen LogP contribution in [-0.2, 0) is 23.7 Å². The lowest BCUT2D eigenvalue weighted by molar-refractivity contribution is -0.359. The largest absolute Gasteiger partial charge is 0.394 e. The number of ether oxygens (including phenoxy) is 4. The third kappa shape index (κ3) is 25.7. The predicted octanol–water partition coefficient (Wildman–Crippen LogP) is 7.10. The molecule has 2 heterocycles. The molecule has 2 saturated heterocycles. The second-order valence-electron chi connectivity index (χ2n) is 18.6. The van der Waals surface area contributed by atoms with E-state index in [9.17, 15) is 45.6 Å². The van der Waals surface area contributed by atoms with Crippen LogP contribution < -0.4 is 5.32 Å². The maximum Gasteiger partial charge on any atom is 0.220 e. The summed E-state index contributed by atoms with van der Waals surface area (Å²) in [4.78, 5) is 12.3. The molecule has 12 unspecified atom stereocenters. The van der Waals surface area contributed by atoms with Gasteiger partial charge in [0.2, 0.25) is 5.91 Å². The van der Waals surface area contributed by atoms with Crippen molar-refractivity contribution in [2.75, 3.05) is 19.8 Å². The van der Waals surface area contributed by atoms with Crippen molar-refractivity contribution in [1.82, 2.24) is 5.32 Å². The molecule has 0 radical (unpaired) electrons. The molecule has 2 aliphatic heterocycles. The number of nitrogens with one attached hydrogen (secondary N) is 1. The summed E-state index contributed by atoms with van der Waals surface area (Å²) in [5, 5.41) is 85.4. The average Bonchev–Trinajstić information content (AvgIpc) is 3.32. The van der Waals surface area contributed by atoms with Crippen molar-refractivity contribution >= 4 is 5.91 Å². The molecule has 12 atom stereocenters. The van der Waals surface area contributed by atoms with Crippen LogP contribution in [0.5, 0.6) is 0 Å². The van der Waals surface area contributed by atoms with E-state index in [4.69, 9.17) is 18.9 Å². The van der Waals surface area contributed by atoms with Crippen LogP contribution in [0.1, 0.15) is 194 Å². The lowest BCUT2D eigenvalue weighted by Crippen LogP contribution is -2.65. The smallest absolute Gasteiger partial charge is 0.220 e. The fourth-order valence-corrected chi connectivity index (χ4v) is 8.52. The number of aliphatic hydroxyl groups excluding tert-OH is 8. The van der Waals surface area contributed by atoms with Gasteiger partial charge in [0.15, 0.2) is 12.6 Å². The molecule has 0 spiro atoms. The molecule has 0 saturated carbocycles. The first kappa shape index (κ1) is 60.3. The Balaban J connectivity index is 1.52. The highest BCUT2D eigenvalue weighted by atomic mass is 16.7. The highest BCUT2D eigenvalue weighted by Gasteiger charge is 2.51. The molecular weight excluding hydrogens is 847 g/mol. The topological polar surface area (TPSA) is 228 Å². The van der Waals surface area contributed by atoms with Gasteiger partial charge in [0.1, 0.15) is 48.8 Å². The molecule has 0 aromatic carbocycles. The summed E-state index contributed by atoms with van der Waals surface area (Å²) < 4.78 is 22.3. The average molecular weight is 942 g/mol. The Morgan fingerprint density at radius 1 is 0.530 bits per heavy atom. The normalized spacial score (nSPS) is 27.1. The minimum absolute atomic E-state index is 0.150. The van der Waals surface area contributed by atoms with Crippen molar-refractivity contribution in [1.29, 1.82) is 0 Å². The fourth-order valence-electron chi connectivity index (χ4n) is 8.52. The quantitative estimate of drug-likeness (QED) is 0.0221. The van der Waals surface area contributed by atoms with Crippen molar-refractivity contribution < 1.29 is 64.6 Å². The standard InChI is InChI=1S/C52H95NO13/c1-3-5-6-7-8-9-10-11-12-13-14-15-16-17-18-19-20-21-22-23-24-25-26-27-28-29-30-31-32-33-34-35-36-41(56)40(53-44(57)4-2)39-63-51-49(62)47(60)50(43(38-55)65-51)66-52-48(61)46(59)45(58)42(37-54)64-52/h27-28,31-32,35-36,40-43,45-52,54-56,58-62H,3-26,29-30,33-34,37-39H2,1-2H3,(H,53,57)/b28-27+,32-31+,36-35+. The summed E-state index contributed by atoms with van der Waals surface area (Å²) in [5.41, 5.74) is 0. The molecule has 2 fully saturated rings. The van der Waals surface area contributed by atoms with E-state index >= 15 is 0 Å². The van der Waals surface area contributed by atoms with Crippen LogP contribution >= 0.6 is 0 Å². The van der Waals surface area contributed by atoms with Crippen LogP contribution in [0.4, 0.5) is 0 Å². The van der Waals surface area contributed by atoms with E-state index in [1.807, 2.05) is 6.08 Å². The summed E-state index contributed by atoms with van der Waals surface area (Å²) >= 11 is 0. The predicted molar refractivity (Wildman–Crippen MR) is 258 cm³/mol. The SMILES string of the molecule is CCCCCCCCCCCCCCCCCCCCCCCC/C=C/CC/C=C/CC/C=C/C(O)C(COC1OC(CO)C(OC2OC(CO)C(O)C(O)C2O)C(O)C1O)NC(=O)CC. The van der Waals surface area contributed by atoms with Crippen molar-refractivity contribution in [2.45, 2.75) is 267 Å². The molecular formula is C52H95NO13. The third-order valence-electron chi connectivity index (χ3n) is 12.9. The van der Waals surface area contributed by atoms with Crippen LogP contribution in [0.25, 0.3) is 0 Å². The minimum atomic E-state index is -1.79. The summed E-state index contributed by atoms with van der Waals surface area (Å²) in [7, 11) is 0. The number of rotatable bonds is 40. The van der Waals surface area contributed by atoms with Gasteiger partial charge in [0, 0.05) is 6.42 Å². The highest BCUT2D eigenvalue weighted by molar-refractivity contribution is 5.75. The number of carbonyl (C=O) groups is 1. The lowest BCUT2D eigenvalue weighted by atomic mass is 9.97. The fraction of sp³-hybridized carbons (Fsp3) is 0.865. The molecule has 0 aliphatic carbocycles. The Labute approximate surface area is 398 Å². The van der Waals surface area contributed by atoms with Gasteiger partial charge >= 0.3 is 0 Å². The first-order chi connectivity index (χ1) is 32.1. The van der Waals surface area contributed by atoms with Gasteiger partial charge in [0.25, 0.3) is 0 Å². The number of aliphatic hydroxyl groups is 8. The number of unbranched alkanes of at least 4 members (excludes halogenated alkanes) is 24. The third-order valence-corrected chi connectivity index (χ3v) is 12.9. The molecule has 2 aliphatic rings. The van der Waals surface area contributed by atoms with E-state index in [1.165, 1.54) is 141 Å². The van der Waals surface area contributed by atoms with E-state index < -0.39 is 86.8 Å². The summed E-state index contributed by atoms with van der Waals surface area (Å²) in [5.74, 6) is -0.342. The molecule has 14 heteroatoms. The summed E-state index contributed by atoms with van der Waals surface area (Å²) in [6.07, 6.45) is 30.8. The number of hydrogen-bond donors (Lipinski definition) is 9. The first-order valence-corrected chi connectivity index (χ1v) is 26.2. The van der Waals surface area contributed by atoms with E-state index in [-0.39, 0.29) is 18.9 Å². The molecule has 9 N–H and O–H groups in total. The number of hydrogen-bond acceptors (Lipinski definition) is 13. The molecule has 0 aromatic rings. The summed E-state index contributed by atoms with van der Waals surface area (Å²) in [6.45, 7) is 2.19. The van der Waals surface area contributed by atoms with Gasteiger partial charge in [-0.2, -0.15) is 0 Å². The van der Waals surface area contributed by atoms with Crippen molar-refractivity contribution in [3.63, 3.8) is 0 Å². The maximum atomic E-state index is 12.3. The van der Waals surface area contributed by atoms with Gasteiger partial charge in [-0.25, -0.2) is 0 Å². The first-order valence-electron chi connectivity index (χ1n) is 26.2. The molecule has 1 amide bonds. The minimum Gasteiger partial charge on any atom is -0.394 e. The van der Waals surface area contributed by atoms with Crippen molar-refractivity contribution in [2.24, 2.45) is 0 Å². The van der Waals surface area contributed by atoms with Crippen molar-refractivity contribution in [3.05, 3.63) is 36.5 Å². The number of carbonyl (C=O) groups excluding carboxylic acids is 1. The zero-order valence-corrected chi connectivity index (χ0v) is 40.9. The van der Waals surface area contributed by atoms with Crippen molar-refractivity contribution in [3.8, 4) is 0 Å². The molecule has 66 heavy (non-hydrogen) atoms. The Bertz CT molecular complexity index is 1250. The Kier molecular flexibility index (Phi) is 35.6. The molecule has 2 rings (SSSR count). The van der Waals surface area contributed by atoms with E-state index in [0.29, 0.717) is 6.42 Å². The number of allylic oxidation sites excluding steroid dienone is 5. The second-order valence-corrected chi connectivity index (χ2v) is 18.6. The lowest BCUT2D eigenvalue weighted by Gasteiger charge is -2.46. The van der Waals surface area contributed by atoms with Crippen LogP contribution in [-0.4, -0.2) is 140 Å². The summed E-state index contributed by atoms with van der Waals surface area (Å²) in [6, 6.07) is -0.932. The van der Waals surface area contributed by atoms with Gasteiger partial charge < -0.3 is 65.1 Å².